The lowest BCUT2D eigenvalue weighted by Gasteiger charge is -2.14. The summed E-state index contributed by atoms with van der Waals surface area (Å²) in [6.07, 6.45) is 1.61. The number of amides is 3. The van der Waals surface area contributed by atoms with Crippen molar-refractivity contribution < 1.29 is 23.9 Å². The molecule has 4 aromatic carbocycles. The number of thioether (sulfide) groups is 1. The summed E-state index contributed by atoms with van der Waals surface area (Å²) in [5.74, 6) is 0.316. The zero-order valence-corrected chi connectivity index (χ0v) is 27.0. The molecule has 0 aliphatic carbocycles. The van der Waals surface area contributed by atoms with E-state index in [9.17, 15) is 14.4 Å². The quantitative estimate of drug-likeness (QED) is 0.0961. The Bertz CT molecular complexity index is 1870. The number of benzene rings is 4. The van der Waals surface area contributed by atoms with Gasteiger partial charge in [-0.2, -0.15) is 0 Å². The molecule has 3 N–H and O–H groups in total. The van der Waals surface area contributed by atoms with Crippen molar-refractivity contribution in [2.75, 3.05) is 24.4 Å². The van der Waals surface area contributed by atoms with E-state index in [2.05, 4.69) is 20.9 Å². The highest BCUT2D eigenvalue weighted by Gasteiger charge is 2.19. The van der Waals surface area contributed by atoms with Crippen LogP contribution >= 0.6 is 23.1 Å². The van der Waals surface area contributed by atoms with E-state index < -0.39 is 17.1 Å². The second-order valence-electron chi connectivity index (χ2n) is 9.96. The van der Waals surface area contributed by atoms with E-state index >= 15 is 0 Å². The van der Waals surface area contributed by atoms with Gasteiger partial charge in [0.15, 0.2) is 5.13 Å². The zero-order valence-electron chi connectivity index (χ0n) is 25.4. The number of fused-ring (bicyclic) bond motifs is 1. The molecule has 1 unspecified atom stereocenters. The highest BCUT2D eigenvalue weighted by molar-refractivity contribution is 8.00. The SMILES string of the molecule is CCOc1ccc(/C=C(/NC(=O)c2ccccc2)C(=O)Nc2cccc(SC(C)C(=O)Nc3nc4ccc(OC)cc4s3)c2)cc1. The molecule has 5 rings (SSSR count). The number of aromatic nitrogens is 1. The predicted molar refractivity (Wildman–Crippen MR) is 185 cm³/mol. The maximum Gasteiger partial charge on any atom is 0.272 e. The molecule has 0 aliphatic rings. The topological polar surface area (TPSA) is 119 Å². The lowest BCUT2D eigenvalue weighted by atomic mass is 10.1. The number of nitrogens with zero attached hydrogens (tertiary/aromatic N) is 1. The van der Waals surface area contributed by atoms with Crippen LogP contribution in [0.4, 0.5) is 10.8 Å². The van der Waals surface area contributed by atoms with Crippen LogP contribution in [-0.4, -0.2) is 41.7 Å². The molecule has 5 aromatic rings. The number of carbonyl (C=O) groups is 3. The van der Waals surface area contributed by atoms with E-state index in [1.165, 1.54) is 23.1 Å². The van der Waals surface area contributed by atoms with Crippen molar-refractivity contribution in [2.24, 2.45) is 0 Å². The van der Waals surface area contributed by atoms with Gasteiger partial charge < -0.3 is 25.4 Å². The van der Waals surface area contributed by atoms with E-state index in [1.54, 1.807) is 74.7 Å². The molecule has 0 bridgehead atoms. The molecular weight excluding hydrogens is 621 g/mol. The molecule has 0 fully saturated rings. The van der Waals surface area contributed by atoms with Crippen molar-refractivity contribution in [2.45, 2.75) is 24.0 Å². The third kappa shape index (κ3) is 8.52. The molecular formula is C35H32N4O5S2. The maximum atomic E-state index is 13.5. The molecule has 0 saturated heterocycles. The van der Waals surface area contributed by atoms with Crippen molar-refractivity contribution in [3.8, 4) is 11.5 Å². The van der Waals surface area contributed by atoms with Gasteiger partial charge in [0, 0.05) is 16.1 Å². The fourth-order valence-electron chi connectivity index (χ4n) is 4.33. The molecule has 3 amide bonds. The van der Waals surface area contributed by atoms with Gasteiger partial charge in [-0.25, -0.2) is 4.98 Å². The molecule has 0 radical (unpaired) electrons. The Morgan fingerprint density at radius 3 is 2.41 bits per heavy atom. The van der Waals surface area contributed by atoms with Crippen LogP contribution in [0.1, 0.15) is 29.8 Å². The normalized spacial score (nSPS) is 11.8. The van der Waals surface area contributed by atoms with Gasteiger partial charge in [0.1, 0.15) is 17.2 Å². The molecule has 11 heteroatoms. The Morgan fingerprint density at radius 2 is 1.67 bits per heavy atom. The first kappa shape index (κ1) is 32.3. The number of methoxy groups -OCH3 is 1. The van der Waals surface area contributed by atoms with Crippen LogP contribution in [0.3, 0.4) is 0 Å². The second kappa shape index (κ2) is 15.2. The largest absolute Gasteiger partial charge is 0.497 e. The summed E-state index contributed by atoms with van der Waals surface area (Å²) in [5.41, 5.74) is 2.48. The third-order valence-electron chi connectivity index (χ3n) is 6.63. The maximum absolute atomic E-state index is 13.5. The fraction of sp³-hybridized carbons (Fsp3) is 0.143. The van der Waals surface area contributed by atoms with Crippen LogP contribution in [0.25, 0.3) is 16.3 Å². The van der Waals surface area contributed by atoms with Gasteiger partial charge in [-0.1, -0.05) is 47.7 Å². The molecule has 0 spiro atoms. The van der Waals surface area contributed by atoms with Gasteiger partial charge >= 0.3 is 0 Å². The summed E-state index contributed by atoms with van der Waals surface area (Å²) < 4.78 is 11.7. The highest BCUT2D eigenvalue weighted by atomic mass is 32.2. The van der Waals surface area contributed by atoms with E-state index in [4.69, 9.17) is 9.47 Å². The molecule has 0 saturated carbocycles. The van der Waals surface area contributed by atoms with E-state index in [-0.39, 0.29) is 11.6 Å². The van der Waals surface area contributed by atoms with Gasteiger partial charge in [0.25, 0.3) is 11.8 Å². The van der Waals surface area contributed by atoms with Gasteiger partial charge in [-0.3, -0.25) is 14.4 Å². The Balaban J connectivity index is 1.27. The summed E-state index contributed by atoms with van der Waals surface area (Å²) in [6, 6.07) is 28.6. The smallest absolute Gasteiger partial charge is 0.272 e. The number of hydrogen-bond acceptors (Lipinski definition) is 8. The van der Waals surface area contributed by atoms with Crippen LogP contribution in [0.2, 0.25) is 0 Å². The lowest BCUT2D eigenvalue weighted by Crippen LogP contribution is -2.30. The summed E-state index contributed by atoms with van der Waals surface area (Å²) in [6.45, 7) is 4.24. The monoisotopic (exact) mass is 652 g/mol. The summed E-state index contributed by atoms with van der Waals surface area (Å²) in [7, 11) is 1.60. The lowest BCUT2D eigenvalue weighted by molar-refractivity contribution is -0.115. The number of carbonyl (C=O) groups excluding carboxylic acids is 3. The Hall–Kier alpha value is -5.13. The third-order valence-corrected chi connectivity index (χ3v) is 8.66. The van der Waals surface area contributed by atoms with E-state index in [0.29, 0.717) is 34.3 Å². The van der Waals surface area contributed by atoms with Crippen molar-refractivity contribution >= 4 is 67.9 Å². The molecule has 0 aliphatic heterocycles. The highest BCUT2D eigenvalue weighted by Crippen LogP contribution is 2.31. The summed E-state index contributed by atoms with van der Waals surface area (Å²) in [5, 5.41) is 8.58. The predicted octanol–water partition coefficient (Wildman–Crippen LogP) is 7.23. The van der Waals surface area contributed by atoms with Crippen molar-refractivity contribution in [3.05, 3.63) is 114 Å². The van der Waals surface area contributed by atoms with E-state index in [0.717, 1.165) is 20.9 Å². The number of ether oxygens (including phenoxy) is 2. The summed E-state index contributed by atoms with van der Waals surface area (Å²) in [4.78, 5) is 44.8. The van der Waals surface area contributed by atoms with Crippen molar-refractivity contribution in [1.82, 2.24) is 10.3 Å². The average molecular weight is 653 g/mol. The molecule has 1 heterocycles. The van der Waals surface area contributed by atoms with Gasteiger partial charge in [0.05, 0.1) is 29.2 Å². The van der Waals surface area contributed by atoms with Gasteiger partial charge in [-0.15, -0.1) is 11.8 Å². The van der Waals surface area contributed by atoms with Crippen LogP contribution in [0.15, 0.2) is 108 Å². The minimum Gasteiger partial charge on any atom is -0.497 e. The molecule has 234 valence electrons. The van der Waals surface area contributed by atoms with Gasteiger partial charge in [0.2, 0.25) is 5.91 Å². The Morgan fingerprint density at radius 1 is 0.913 bits per heavy atom. The van der Waals surface area contributed by atoms with Crippen LogP contribution in [0, 0.1) is 0 Å². The molecule has 9 nitrogen and oxygen atoms in total. The molecule has 46 heavy (non-hydrogen) atoms. The van der Waals surface area contributed by atoms with Gasteiger partial charge in [-0.05, 0) is 86.2 Å². The van der Waals surface area contributed by atoms with Crippen LogP contribution in [-0.2, 0) is 9.59 Å². The minimum absolute atomic E-state index is 0.0669. The first-order chi connectivity index (χ1) is 22.3. The fourth-order valence-corrected chi connectivity index (χ4v) is 6.16. The standard InChI is InChI=1S/C35H32N4O5S2/c1-4-44-26-15-13-23(14-16-26)19-30(37-33(41)24-9-6-5-7-10-24)34(42)36-25-11-8-12-28(20-25)45-22(2)32(40)39-35-38-29-18-17-27(43-3)21-31(29)46-35/h5-22H,4H2,1-3H3,(H,36,42)(H,37,41)(H,38,39,40)/b30-19+. The number of nitrogens with one attached hydrogen (secondary N) is 3. The first-order valence-corrected chi connectivity index (χ1v) is 16.2. The van der Waals surface area contributed by atoms with Crippen LogP contribution < -0.4 is 25.4 Å². The van der Waals surface area contributed by atoms with Crippen LogP contribution in [0.5, 0.6) is 11.5 Å². The average Bonchev–Trinajstić information content (AvgIpc) is 3.47. The van der Waals surface area contributed by atoms with E-state index in [1.807, 2.05) is 49.4 Å². The minimum atomic E-state index is -0.501. The van der Waals surface area contributed by atoms with Crippen molar-refractivity contribution in [1.29, 1.82) is 0 Å². The number of anilines is 2. The molecule has 1 atom stereocenters. The number of rotatable bonds is 12. The summed E-state index contributed by atoms with van der Waals surface area (Å²) >= 11 is 2.72. The number of thiazole rings is 1. The molecule has 1 aromatic heterocycles. The number of hydrogen-bond donors (Lipinski definition) is 3. The Kier molecular flexibility index (Phi) is 10.7. The zero-order chi connectivity index (χ0) is 32.5. The first-order valence-electron chi connectivity index (χ1n) is 14.5. The van der Waals surface area contributed by atoms with Crippen molar-refractivity contribution in [3.63, 3.8) is 0 Å². The second-order valence-corrected chi connectivity index (χ2v) is 12.4. The Labute approximate surface area is 275 Å².